The average molecular weight is 193 g/mol. The first-order valence-corrected chi connectivity index (χ1v) is 5.52. The molecule has 0 N–H and O–H groups in total. The van der Waals surface area contributed by atoms with Gasteiger partial charge >= 0.3 is 0 Å². The zero-order chi connectivity index (χ0) is 10.2. The molecular formula is C11H19N3. The molecule has 1 aromatic rings. The lowest BCUT2D eigenvalue weighted by molar-refractivity contribution is 0.534. The molecule has 0 aliphatic rings. The summed E-state index contributed by atoms with van der Waals surface area (Å²) in [5.41, 5.74) is 1.10. The van der Waals surface area contributed by atoms with Crippen molar-refractivity contribution in [1.29, 1.82) is 0 Å². The lowest BCUT2D eigenvalue weighted by atomic mass is 9.95. The maximum Gasteiger partial charge on any atom is 0.0695 e. The van der Waals surface area contributed by atoms with Crippen molar-refractivity contribution in [3.8, 4) is 0 Å². The van der Waals surface area contributed by atoms with Crippen molar-refractivity contribution in [2.75, 3.05) is 0 Å². The van der Waals surface area contributed by atoms with Crippen LogP contribution < -0.4 is 0 Å². The zero-order valence-corrected chi connectivity index (χ0v) is 9.11. The molecule has 0 bridgehead atoms. The van der Waals surface area contributed by atoms with Crippen LogP contribution in [0, 0.1) is 0 Å². The quantitative estimate of drug-likeness (QED) is 0.652. The summed E-state index contributed by atoms with van der Waals surface area (Å²) in [6, 6.07) is 1.98. The maximum atomic E-state index is 4.07. The molecule has 78 valence electrons. The van der Waals surface area contributed by atoms with E-state index in [1.807, 2.05) is 6.07 Å². The molecule has 0 saturated carbocycles. The van der Waals surface area contributed by atoms with Crippen LogP contribution in [0.5, 0.6) is 0 Å². The Morgan fingerprint density at radius 2 is 2.14 bits per heavy atom. The Balaban J connectivity index is 2.46. The van der Waals surface area contributed by atoms with E-state index in [1.54, 1.807) is 6.20 Å². The molecule has 0 aliphatic carbocycles. The van der Waals surface area contributed by atoms with Crippen molar-refractivity contribution < 1.29 is 0 Å². The van der Waals surface area contributed by atoms with E-state index < -0.39 is 0 Å². The van der Waals surface area contributed by atoms with Crippen molar-refractivity contribution in [3.05, 3.63) is 18.0 Å². The van der Waals surface area contributed by atoms with Crippen LogP contribution in [0.15, 0.2) is 12.3 Å². The second kappa shape index (κ2) is 6.46. The molecular weight excluding hydrogens is 174 g/mol. The van der Waals surface area contributed by atoms with E-state index in [4.69, 9.17) is 0 Å². The van der Waals surface area contributed by atoms with Gasteiger partial charge < -0.3 is 0 Å². The fourth-order valence-corrected chi connectivity index (χ4v) is 1.67. The third kappa shape index (κ3) is 3.40. The Labute approximate surface area is 85.9 Å². The van der Waals surface area contributed by atoms with Crippen LogP contribution in [-0.4, -0.2) is 15.4 Å². The van der Waals surface area contributed by atoms with Crippen LogP contribution >= 0.6 is 0 Å². The molecule has 0 saturated heterocycles. The number of hydrogen-bond acceptors (Lipinski definition) is 3. The van der Waals surface area contributed by atoms with Gasteiger partial charge in [-0.3, -0.25) is 0 Å². The maximum absolute atomic E-state index is 4.07. The third-order valence-electron chi connectivity index (χ3n) is 2.59. The molecule has 0 aromatic carbocycles. The van der Waals surface area contributed by atoms with Gasteiger partial charge in [0.1, 0.15) is 0 Å². The largest absolute Gasteiger partial charge is 0.139 e. The predicted molar refractivity (Wildman–Crippen MR) is 57.0 cm³/mol. The van der Waals surface area contributed by atoms with Crippen LogP contribution in [0.4, 0.5) is 0 Å². The molecule has 0 radical (unpaired) electrons. The Morgan fingerprint density at radius 3 is 2.71 bits per heavy atom. The van der Waals surface area contributed by atoms with Crippen LogP contribution in [0.25, 0.3) is 0 Å². The third-order valence-corrected chi connectivity index (χ3v) is 2.59. The summed E-state index contributed by atoms with van der Waals surface area (Å²) in [6.45, 7) is 4.44. The minimum atomic E-state index is 0.567. The number of aromatic nitrogens is 3. The van der Waals surface area contributed by atoms with Gasteiger partial charge in [-0.2, -0.15) is 0 Å². The van der Waals surface area contributed by atoms with Gasteiger partial charge in [-0.15, -0.1) is 10.2 Å². The van der Waals surface area contributed by atoms with E-state index >= 15 is 0 Å². The summed E-state index contributed by atoms with van der Waals surface area (Å²) in [5, 5.41) is 11.4. The summed E-state index contributed by atoms with van der Waals surface area (Å²) in [5.74, 6) is 0.567. The Morgan fingerprint density at radius 1 is 1.29 bits per heavy atom. The second-order valence-electron chi connectivity index (χ2n) is 3.65. The number of unbranched alkanes of at least 4 members (excludes halogenated alkanes) is 2. The zero-order valence-electron chi connectivity index (χ0n) is 9.11. The number of nitrogens with zero attached hydrogens (tertiary/aromatic N) is 3. The van der Waals surface area contributed by atoms with Gasteiger partial charge in [-0.05, 0) is 24.1 Å². The molecule has 3 nitrogen and oxygen atoms in total. The Hall–Kier alpha value is -0.990. The van der Waals surface area contributed by atoms with E-state index in [9.17, 15) is 0 Å². The smallest absolute Gasteiger partial charge is 0.0695 e. The van der Waals surface area contributed by atoms with Crippen molar-refractivity contribution >= 4 is 0 Å². The normalized spacial score (nSPS) is 12.7. The molecule has 1 heterocycles. The van der Waals surface area contributed by atoms with Crippen LogP contribution in [0.2, 0.25) is 0 Å². The lowest BCUT2D eigenvalue weighted by Gasteiger charge is -2.12. The monoisotopic (exact) mass is 193 g/mol. The predicted octanol–water partition coefficient (Wildman–Crippen LogP) is 2.95. The summed E-state index contributed by atoms with van der Waals surface area (Å²) in [7, 11) is 0. The molecule has 14 heavy (non-hydrogen) atoms. The first kappa shape index (κ1) is 11.1. The van der Waals surface area contributed by atoms with Crippen molar-refractivity contribution in [2.45, 2.75) is 51.9 Å². The number of hydrogen-bond donors (Lipinski definition) is 0. The van der Waals surface area contributed by atoms with Gasteiger partial charge in [0.05, 0.1) is 11.9 Å². The van der Waals surface area contributed by atoms with Crippen molar-refractivity contribution in [1.82, 2.24) is 15.4 Å². The van der Waals surface area contributed by atoms with E-state index in [1.165, 1.54) is 25.7 Å². The topological polar surface area (TPSA) is 38.7 Å². The summed E-state index contributed by atoms with van der Waals surface area (Å²) in [6.07, 6.45) is 7.97. The highest BCUT2D eigenvalue weighted by Crippen LogP contribution is 2.22. The molecule has 3 heteroatoms. The van der Waals surface area contributed by atoms with Crippen LogP contribution in [-0.2, 0) is 0 Å². The summed E-state index contributed by atoms with van der Waals surface area (Å²) < 4.78 is 0. The minimum Gasteiger partial charge on any atom is -0.139 e. The van der Waals surface area contributed by atoms with Gasteiger partial charge in [0, 0.05) is 5.92 Å². The summed E-state index contributed by atoms with van der Waals surface area (Å²) >= 11 is 0. The molecule has 1 atom stereocenters. The van der Waals surface area contributed by atoms with Crippen molar-refractivity contribution in [3.63, 3.8) is 0 Å². The van der Waals surface area contributed by atoms with E-state index in [-0.39, 0.29) is 0 Å². The lowest BCUT2D eigenvalue weighted by Crippen LogP contribution is -2.02. The molecule has 1 unspecified atom stereocenters. The molecule has 0 amide bonds. The van der Waals surface area contributed by atoms with E-state index in [0.717, 1.165) is 12.1 Å². The van der Waals surface area contributed by atoms with Gasteiger partial charge in [0.15, 0.2) is 0 Å². The van der Waals surface area contributed by atoms with Gasteiger partial charge in [-0.25, -0.2) is 0 Å². The Kier molecular flexibility index (Phi) is 5.12. The van der Waals surface area contributed by atoms with Crippen LogP contribution in [0.1, 0.15) is 57.6 Å². The molecule has 0 fully saturated rings. The SMILES string of the molecule is CCCCCC(CC)c1ccnnn1. The average Bonchev–Trinajstić information content (AvgIpc) is 2.26. The van der Waals surface area contributed by atoms with Gasteiger partial charge in [0.25, 0.3) is 0 Å². The van der Waals surface area contributed by atoms with Crippen molar-refractivity contribution in [2.24, 2.45) is 0 Å². The highest BCUT2D eigenvalue weighted by Gasteiger charge is 2.10. The van der Waals surface area contributed by atoms with Gasteiger partial charge in [-0.1, -0.05) is 33.1 Å². The van der Waals surface area contributed by atoms with Crippen LogP contribution in [0.3, 0.4) is 0 Å². The fraction of sp³-hybridized carbons (Fsp3) is 0.727. The fourth-order valence-electron chi connectivity index (χ4n) is 1.67. The molecule has 0 spiro atoms. The molecule has 1 rings (SSSR count). The standard InChI is InChI=1S/C11H19N3/c1-3-5-6-7-10(4-2)11-8-9-12-14-13-11/h8-10H,3-7H2,1-2H3. The molecule has 0 aliphatic heterocycles. The van der Waals surface area contributed by atoms with E-state index in [2.05, 4.69) is 29.3 Å². The van der Waals surface area contributed by atoms with E-state index in [0.29, 0.717) is 5.92 Å². The Bertz CT molecular complexity index is 236. The molecule has 1 aromatic heterocycles. The first-order chi connectivity index (χ1) is 6.88. The highest BCUT2D eigenvalue weighted by molar-refractivity contribution is 5.03. The second-order valence-corrected chi connectivity index (χ2v) is 3.65. The first-order valence-electron chi connectivity index (χ1n) is 5.52. The highest BCUT2D eigenvalue weighted by atomic mass is 15.3. The minimum absolute atomic E-state index is 0.567. The summed E-state index contributed by atoms with van der Waals surface area (Å²) in [4.78, 5) is 0. The van der Waals surface area contributed by atoms with Gasteiger partial charge in [0.2, 0.25) is 0 Å². The number of rotatable bonds is 6.